The van der Waals surface area contributed by atoms with Crippen molar-refractivity contribution in [1.82, 2.24) is 0 Å². The van der Waals surface area contributed by atoms with Crippen LogP contribution >= 0.6 is 0 Å². The van der Waals surface area contributed by atoms with Gasteiger partial charge in [0.1, 0.15) is 0 Å². The second kappa shape index (κ2) is 4.35. The first-order valence-electron chi connectivity index (χ1n) is 5.96. The lowest BCUT2D eigenvalue weighted by Gasteiger charge is -2.13. The Labute approximate surface area is 113 Å². The van der Waals surface area contributed by atoms with Crippen molar-refractivity contribution < 1.29 is 9.59 Å². The lowest BCUT2D eigenvalue weighted by molar-refractivity contribution is 0.0979. The quantitative estimate of drug-likeness (QED) is 0.611. The van der Waals surface area contributed by atoms with Crippen LogP contribution in [0.25, 0.3) is 0 Å². The van der Waals surface area contributed by atoms with Gasteiger partial charge in [0.15, 0.2) is 22.4 Å². The summed E-state index contributed by atoms with van der Waals surface area (Å²) >= 11 is 0. The molecule has 0 bridgehead atoms. The topological polar surface area (TPSA) is 68.3 Å². The third-order valence-electron chi connectivity index (χ3n) is 3.22. The molecule has 0 saturated carbocycles. The van der Waals surface area contributed by atoms with Crippen molar-refractivity contribution >= 4 is 11.6 Å². The second-order valence-corrected chi connectivity index (χ2v) is 4.45. The molecule has 0 fully saturated rings. The summed E-state index contributed by atoms with van der Waals surface area (Å²) in [5.41, 5.74) is 0.172. The smallest absolute Gasteiger partial charge is 0.194 e. The van der Waals surface area contributed by atoms with Gasteiger partial charge in [-0.3, -0.25) is 19.2 Å². The highest BCUT2D eigenvalue weighted by atomic mass is 16.1. The molecule has 4 heteroatoms. The van der Waals surface area contributed by atoms with Gasteiger partial charge in [0.05, 0.1) is 0 Å². The summed E-state index contributed by atoms with van der Waals surface area (Å²) in [4.78, 5) is 47.5. The van der Waals surface area contributed by atoms with Crippen LogP contribution in [0.2, 0.25) is 0 Å². The Bertz CT molecular complexity index is 743. The summed E-state index contributed by atoms with van der Waals surface area (Å²) < 4.78 is 0. The van der Waals surface area contributed by atoms with Crippen molar-refractivity contribution in [2.24, 2.45) is 0 Å². The van der Waals surface area contributed by atoms with Gasteiger partial charge in [-0.1, -0.05) is 0 Å². The SMILES string of the molecule is O=C1c2ccc(=O)ccc2C(=O)c2ccc(=O)ccc21. The molecule has 20 heavy (non-hydrogen) atoms. The number of carbonyl (C=O) groups excluding carboxylic acids is 2. The van der Waals surface area contributed by atoms with Crippen LogP contribution in [0.15, 0.2) is 58.1 Å². The van der Waals surface area contributed by atoms with Gasteiger partial charge in [-0.2, -0.15) is 0 Å². The van der Waals surface area contributed by atoms with E-state index in [-0.39, 0.29) is 44.7 Å². The molecule has 0 N–H and O–H groups in total. The summed E-state index contributed by atoms with van der Waals surface area (Å²) in [7, 11) is 0. The van der Waals surface area contributed by atoms with Gasteiger partial charge in [0.25, 0.3) is 0 Å². The Kier molecular flexibility index (Phi) is 2.64. The van der Waals surface area contributed by atoms with Gasteiger partial charge < -0.3 is 0 Å². The molecule has 0 radical (unpaired) electrons. The van der Waals surface area contributed by atoms with Crippen LogP contribution in [0.3, 0.4) is 0 Å². The van der Waals surface area contributed by atoms with Gasteiger partial charge >= 0.3 is 0 Å². The molecule has 3 rings (SSSR count). The van der Waals surface area contributed by atoms with Gasteiger partial charge in [0.2, 0.25) is 0 Å². The number of hydrogen-bond acceptors (Lipinski definition) is 4. The van der Waals surface area contributed by atoms with E-state index in [9.17, 15) is 19.2 Å². The molecular weight excluding hydrogens is 256 g/mol. The Morgan fingerprint density at radius 1 is 0.400 bits per heavy atom. The largest absolute Gasteiger partial charge is 0.290 e. The van der Waals surface area contributed by atoms with E-state index in [4.69, 9.17) is 0 Å². The first-order valence-corrected chi connectivity index (χ1v) is 5.96. The maximum absolute atomic E-state index is 12.4. The molecule has 2 aromatic carbocycles. The molecular formula is C16H8O4. The molecule has 0 saturated heterocycles. The van der Waals surface area contributed by atoms with E-state index in [0.717, 1.165) is 0 Å². The third-order valence-corrected chi connectivity index (χ3v) is 3.22. The molecule has 1 aliphatic carbocycles. The average Bonchev–Trinajstić information content (AvgIpc) is 2.73. The summed E-state index contributed by atoms with van der Waals surface area (Å²) in [6.07, 6.45) is 0. The Hall–Kier alpha value is -2.88. The maximum atomic E-state index is 12.4. The van der Waals surface area contributed by atoms with Crippen LogP contribution in [-0.4, -0.2) is 11.6 Å². The van der Waals surface area contributed by atoms with Crippen LogP contribution in [0.5, 0.6) is 0 Å². The average molecular weight is 264 g/mol. The molecule has 1 aliphatic rings. The molecule has 0 amide bonds. The third kappa shape index (κ3) is 1.78. The Morgan fingerprint density at radius 2 is 0.650 bits per heavy atom. The van der Waals surface area contributed by atoms with Crippen molar-refractivity contribution in [3.63, 3.8) is 0 Å². The van der Waals surface area contributed by atoms with Gasteiger partial charge in [-0.05, 0) is 48.5 Å². The highest BCUT2D eigenvalue weighted by molar-refractivity contribution is 6.28. The first kappa shape index (κ1) is 12.2. The van der Waals surface area contributed by atoms with E-state index in [2.05, 4.69) is 0 Å². The zero-order chi connectivity index (χ0) is 14.3. The van der Waals surface area contributed by atoms with Crippen LogP contribution in [0.4, 0.5) is 0 Å². The molecule has 0 aromatic heterocycles. The normalized spacial score (nSPS) is 12.6. The zero-order valence-electron chi connectivity index (χ0n) is 10.3. The number of rotatable bonds is 0. The van der Waals surface area contributed by atoms with Gasteiger partial charge in [0, 0.05) is 22.3 Å². The molecule has 2 aromatic rings. The second-order valence-electron chi connectivity index (χ2n) is 4.45. The molecule has 96 valence electrons. The highest BCUT2D eigenvalue weighted by Crippen LogP contribution is 2.24. The first-order chi connectivity index (χ1) is 9.58. The number of hydrogen-bond donors (Lipinski definition) is 0. The predicted molar refractivity (Wildman–Crippen MR) is 72.3 cm³/mol. The molecule has 0 aliphatic heterocycles. The van der Waals surface area contributed by atoms with E-state index in [1.54, 1.807) is 0 Å². The fourth-order valence-corrected chi connectivity index (χ4v) is 2.21. The van der Waals surface area contributed by atoms with Crippen LogP contribution < -0.4 is 10.9 Å². The van der Waals surface area contributed by atoms with Gasteiger partial charge in [-0.15, -0.1) is 0 Å². The van der Waals surface area contributed by atoms with E-state index in [1.165, 1.54) is 48.5 Å². The summed E-state index contributed by atoms with van der Waals surface area (Å²) in [5.74, 6) is -0.721. The Balaban J connectivity index is 2.40. The predicted octanol–water partition coefficient (Wildman–Crippen LogP) is 1.18. The van der Waals surface area contributed by atoms with Crippen molar-refractivity contribution in [3.05, 3.63) is 91.2 Å². The van der Waals surface area contributed by atoms with Crippen LogP contribution in [0.1, 0.15) is 31.8 Å². The molecule has 0 heterocycles. The monoisotopic (exact) mass is 264 g/mol. The van der Waals surface area contributed by atoms with Crippen molar-refractivity contribution in [2.45, 2.75) is 0 Å². The van der Waals surface area contributed by atoms with E-state index in [1.807, 2.05) is 0 Å². The minimum Gasteiger partial charge on any atom is -0.290 e. The standard InChI is InChI=1S/C16H8O4/c17-9-1-5-11-12(6-2-9)16(20)14-8-4-10(18)3-7-13(14)15(11)19/h1-8H. The zero-order valence-corrected chi connectivity index (χ0v) is 10.3. The molecule has 0 atom stereocenters. The summed E-state index contributed by atoms with van der Waals surface area (Å²) in [5, 5.41) is 0. The minimum atomic E-state index is -0.360. The number of fused-ring (bicyclic) bond motifs is 2. The lowest BCUT2D eigenvalue weighted by Crippen LogP contribution is -2.19. The van der Waals surface area contributed by atoms with Crippen LogP contribution in [0, 0.1) is 0 Å². The maximum Gasteiger partial charge on any atom is 0.194 e. The molecule has 0 spiro atoms. The fraction of sp³-hybridized carbons (Fsp3) is 0. The van der Waals surface area contributed by atoms with Crippen molar-refractivity contribution in [3.8, 4) is 0 Å². The summed E-state index contributed by atoms with van der Waals surface area (Å²) in [6, 6.07) is 10.4. The fourth-order valence-electron chi connectivity index (χ4n) is 2.21. The molecule has 0 unspecified atom stereocenters. The van der Waals surface area contributed by atoms with E-state index < -0.39 is 0 Å². The van der Waals surface area contributed by atoms with E-state index >= 15 is 0 Å². The lowest BCUT2D eigenvalue weighted by atomic mass is 9.86. The van der Waals surface area contributed by atoms with Crippen molar-refractivity contribution in [2.75, 3.05) is 0 Å². The van der Waals surface area contributed by atoms with Crippen LogP contribution in [-0.2, 0) is 0 Å². The van der Waals surface area contributed by atoms with E-state index in [0.29, 0.717) is 0 Å². The minimum absolute atomic E-state index is 0.184. The molecule has 4 nitrogen and oxygen atoms in total. The summed E-state index contributed by atoms with van der Waals surface area (Å²) in [6.45, 7) is 0. The highest BCUT2D eigenvalue weighted by Gasteiger charge is 2.28. The van der Waals surface area contributed by atoms with Gasteiger partial charge in [-0.25, -0.2) is 0 Å². The number of ketones is 2. The Morgan fingerprint density at radius 3 is 0.900 bits per heavy atom. The number of carbonyl (C=O) groups is 2. The van der Waals surface area contributed by atoms with Crippen molar-refractivity contribution in [1.29, 1.82) is 0 Å².